The Balaban J connectivity index is 3.34. The lowest BCUT2D eigenvalue weighted by molar-refractivity contribution is -0.142. The van der Waals surface area contributed by atoms with E-state index in [9.17, 15) is 9.18 Å². The van der Waals surface area contributed by atoms with E-state index in [-0.39, 0.29) is 6.42 Å². The number of alkyl halides is 1. The molecule has 0 saturated carbocycles. The first kappa shape index (κ1) is 6.40. The van der Waals surface area contributed by atoms with Crippen LogP contribution in [0.1, 0.15) is 13.3 Å². The lowest BCUT2D eigenvalue weighted by atomic mass is 10.3. The highest BCUT2D eigenvalue weighted by Gasteiger charge is 2.10. The minimum absolute atomic E-state index is 0.0509. The van der Waals surface area contributed by atoms with Crippen molar-refractivity contribution in [3.63, 3.8) is 0 Å². The fourth-order valence-electron chi connectivity index (χ4n) is 0.175. The monoisotopic (exact) mass is 106 g/mol. The number of aliphatic carboxylic acids is 1. The molecular weight excluding hydrogens is 99.0 g/mol. The summed E-state index contributed by atoms with van der Waals surface area (Å²) in [5.41, 5.74) is 0. The molecule has 0 spiro atoms. The van der Waals surface area contributed by atoms with Gasteiger partial charge in [-0.15, -0.1) is 0 Å². The second kappa shape index (κ2) is 2.55. The van der Waals surface area contributed by atoms with Gasteiger partial charge in [0, 0.05) is 0 Å². The topological polar surface area (TPSA) is 37.3 Å². The van der Waals surface area contributed by atoms with Crippen LogP contribution in [0.3, 0.4) is 0 Å². The van der Waals surface area contributed by atoms with E-state index in [1.807, 2.05) is 0 Å². The standard InChI is InChI=1S/C4H7FO2/c1-2-3(5)4(6)7/h3H,2H2,1H3,(H,6,7)/t3-/m1/s1. The second-order valence-electron chi connectivity index (χ2n) is 1.21. The highest BCUT2D eigenvalue weighted by Crippen LogP contribution is 1.93. The summed E-state index contributed by atoms with van der Waals surface area (Å²) in [5.74, 6) is -1.37. The van der Waals surface area contributed by atoms with E-state index in [4.69, 9.17) is 5.11 Å². The third-order valence-electron chi connectivity index (χ3n) is 0.626. The molecule has 0 aliphatic carbocycles. The van der Waals surface area contributed by atoms with Crippen LogP contribution in [0.25, 0.3) is 0 Å². The third kappa shape index (κ3) is 2.14. The van der Waals surface area contributed by atoms with Crippen LogP contribution in [0.5, 0.6) is 0 Å². The Morgan fingerprint density at radius 1 is 2.00 bits per heavy atom. The first-order valence-electron chi connectivity index (χ1n) is 2.05. The van der Waals surface area contributed by atoms with Crippen molar-refractivity contribution in [2.24, 2.45) is 0 Å². The van der Waals surface area contributed by atoms with Gasteiger partial charge in [0.25, 0.3) is 0 Å². The van der Waals surface area contributed by atoms with Gasteiger partial charge in [-0.05, 0) is 6.42 Å². The SMILES string of the molecule is CC[C@@H](F)C(=O)O. The number of halogens is 1. The molecule has 42 valence electrons. The van der Waals surface area contributed by atoms with E-state index in [0.29, 0.717) is 0 Å². The van der Waals surface area contributed by atoms with Gasteiger partial charge in [0.15, 0.2) is 6.17 Å². The summed E-state index contributed by atoms with van der Waals surface area (Å²) in [6.07, 6.45) is -1.63. The van der Waals surface area contributed by atoms with Gasteiger partial charge in [-0.25, -0.2) is 9.18 Å². The molecule has 0 radical (unpaired) electrons. The Hall–Kier alpha value is -0.600. The van der Waals surface area contributed by atoms with Crippen LogP contribution in [0.2, 0.25) is 0 Å². The molecule has 0 heterocycles. The van der Waals surface area contributed by atoms with Gasteiger partial charge in [0.2, 0.25) is 0 Å². The molecule has 2 nitrogen and oxygen atoms in total. The van der Waals surface area contributed by atoms with Crippen molar-refractivity contribution in [3.8, 4) is 0 Å². The normalized spacial score (nSPS) is 13.4. The fraction of sp³-hybridized carbons (Fsp3) is 0.750. The van der Waals surface area contributed by atoms with Crippen LogP contribution in [0.15, 0.2) is 0 Å². The predicted octanol–water partition coefficient (Wildman–Crippen LogP) is 0.819. The molecule has 0 aromatic carbocycles. The zero-order valence-electron chi connectivity index (χ0n) is 4.02. The molecule has 0 aliphatic rings. The highest BCUT2D eigenvalue weighted by atomic mass is 19.1. The Labute approximate surface area is 41.0 Å². The van der Waals surface area contributed by atoms with Crippen LogP contribution in [0, 0.1) is 0 Å². The van der Waals surface area contributed by atoms with Gasteiger partial charge in [-0.2, -0.15) is 0 Å². The van der Waals surface area contributed by atoms with Crippen LogP contribution in [0.4, 0.5) is 4.39 Å². The first-order valence-corrected chi connectivity index (χ1v) is 2.05. The smallest absolute Gasteiger partial charge is 0.338 e. The van der Waals surface area contributed by atoms with Gasteiger partial charge in [-0.1, -0.05) is 6.92 Å². The molecule has 0 saturated heterocycles. The Morgan fingerprint density at radius 2 is 2.43 bits per heavy atom. The Morgan fingerprint density at radius 3 is 2.43 bits per heavy atom. The minimum atomic E-state index is -1.68. The van der Waals surface area contributed by atoms with Gasteiger partial charge >= 0.3 is 5.97 Å². The number of hydrogen-bond donors (Lipinski definition) is 1. The molecule has 0 aromatic heterocycles. The van der Waals surface area contributed by atoms with Gasteiger partial charge in [0.05, 0.1) is 0 Å². The van der Waals surface area contributed by atoms with E-state index in [0.717, 1.165) is 0 Å². The number of hydrogen-bond acceptors (Lipinski definition) is 1. The Bertz CT molecular complexity index is 72.1. The highest BCUT2D eigenvalue weighted by molar-refractivity contribution is 5.71. The zero-order chi connectivity index (χ0) is 5.86. The van der Waals surface area contributed by atoms with Crippen molar-refractivity contribution in [2.45, 2.75) is 19.5 Å². The van der Waals surface area contributed by atoms with Gasteiger partial charge in [-0.3, -0.25) is 0 Å². The molecule has 0 unspecified atom stereocenters. The summed E-state index contributed by atoms with van der Waals surface area (Å²) < 4.78 is 11.7. The van der Waals surface area contributed by atoms with E-state index >= 15 is 0 Å². The van der Waals surface area contributed by atoms with E-state index in [2.05, 4.69) is 0 Å². The molecule has 0 aromatic rings. The number of carbonyl (C=O) groups is 1. The zero-order valence-corrected chi connectivity index (χ0v) is 4.02. The van der Waals surface area contributed by atoms with Crippen molar-refractivity contribution < 1.29 is 14.3 Å². The molecule has 3 heteroatoms. The quantitative estimate of drug-likeness (QED) is 0.565. The first-order chi connectivity index (χ1) is 3.18. The van der Waals surface area contributed by atoms with Crippen molar-refractivity contribution in [1.82, 2.24) is 0 Å². The molecule has 0 rings (SSSR count). The molecule has 0 bridgehead atoms. The summed E-state index contributed by atoms with van der Waals surface area (Å²) >= 11 is 0. The number of carboxylic acids is 1. The molecule has 0 amide bonds. The minimum Gasteiger partial charge on any atom is -0.479 e. The largest absolute Gasteiger partial charge is 0.479 e. The number of rotatable bonds is 2. The summed E-state index contributed by atoms with van der Waals surface area (Å²) in [7, 11) is 0. The molecule has 0 fully saturated rings. The molecule has 1 N–H and O–H groups in total. The molecular formula is C4H7FO2. The van der Waals surface area contributed by atoms with Gasteiger partial charge < -0.3 is 5.11 Å². The maximum atomic E-state index is 11.7. The second-order valence-corrected chi connectivity index (χ2v) is 1.21. The van der Waals surface area contributed by atoms with Crippen molar-refractivity contribution in [1.29, 1.82) is 0 Å². The summed E-state index contributed by atoms with van der Waals surface area (Å²) in [5, 5.41) is 7.81. The van der Waals surface area contributed by atoms with Crippen molar-refractivity contribution in [2.75, 3.05) is 0 Å². The Kier molecular flexibility index (Phi) is 2.33. The molecule has 1 atom stereocenters. The van der Waals surface area contributed by atoms with Gasteiger partial charge in [0.1, 0.15) is 0 Å². The molecule has 7 heavy (non-hydrogen) atoms. The number of carboxylic acid groups (broad SMARTS) is 1. The van der Waals surface area contributed by atoms with Crippen molar-refractivity contribution >= 4 is 5.97 Å². The lowest BCUT2D eigenvalue weighted by Crippen LogP contribution is -2.11. The summed E-state index contributed by atoms with van der Waals surface area (Å²) in [6.45, 7) is 1.48. The average molecular weight is 106 g/mol. The third-order valence-corrected chi connectivity index (χ3v) is 0.626. The summed E-state index contributed by atoms with van der Waals surface area (Å²) in [4.78, 5) is 9.56. The maximum absolute atomic E-state index is 11.7. The predicted molar refractivity (Wildman–Crippen MR) is 22.8 cm³/mol. The van der Waals surface area contributed by atoms with Crippen LogP contribution in [-0.2, 0) is 4.79 Å². The lowest BCUT2D eigenvalue weighted by Gasteiger charge is -1.92. The van der Waals surface area contributed by atoms with E-state index in [1.165, 1.54) is 6.92 Å². The van der Waals surface area contributed by atoms with Crippen LogP contribution < -0.4 is 0 Å². The molecule has 0 aliphatic heterocycles. The van der Waals surface area contributed by atoms with E-state index < -0.39 is 12.1 Å². The average Bonchev–Trinajstić information content (AvgIpc) is 1.65. The fourth-order valence-corrected chi connectivity index (χ4v) is 0.175. The maximum Gasteiger partial charge on any atom is 0.338 e. The van der Waals surface area contributed by atoms with E-state index in [1.54, 1.807) is 0 Å². The van der Waals surface area contributed by atoms with Crippen molar-refractivity contribution in [3.05, 3.63) is 0 Å². The van der Waals surface area contributed by atoms with Crippen LogP contribution in [-0.4, -0.2) is 17.2 Å². The van der Waals surface area contributed by atoms with Crippen LogP contribution >= 0.6 is 0 Å². The summed E-state index contributed by atoms with van der Waals surface area (Å²) in [6, 6.07) is 0.